The minimum Gasteiger partial charge on any atom is -0.395 e. The number of nitrogens with one attached hydrogen (secondary N) is 1. The van der Waals surface area contributed by atoms with Gasteiger partial charge in [0.15, 0.2) is 0 Å². The van der Waals surface area contributed by atoms with Crippen LogP contribution in [0.5, 0.6) is 0 Å². The molecular weight excluding hydrogens is 150 g/mol. The van der Waals surface area contributed by atoms with Crippen LogP contribution in [0.25, 0.3) is 0 Å². The van der Waals surface area contributed by atoms with Gasteiger partial charge in [0.05, 0.1) is 19.3 Å². The Kier molecular flexibility index (Phi) is 2.46. The zero-order valence-electron chi connectivity index (χ0n) is 6.06. The fourth-order valence-electron chi connectivity index (χ4n) is 1.21. The van der Waals surface area contributed by atoms with E-state index >= 15 is 0 Å². The van der Waals surface area contributed by atoms with Gasteiger partial charge in [-0.2, -0.15) is 0 Å². The Hall–Kier alpha value is -0.200. The lowest BCUT2D eigenvalue weighted by molar-refractivity contribution is -0.0842. The average molecular weight is 163 g/mol. The quantitative estimate of drug-likeness (QED) is 0.300. The second-order valence-electron chi connectivity index (χ2n) is 2.88. The molecule has 1 fully saturated rings. The lowest BCUT2D eigenvalue weighted by atomic mass is 9.98. The first-order valence-corrected chi connectivity index (χ1v) is 3.49. The Morgan fingerprint density at radius 1 is 1.45 bits per heavy atom. The molecule has 0 radical (unpaired) electrons. The maximum atomic E-state index is 9.40. The standard InChI is InChI=1S/C6H13NO4/c8-1-4-5(10)6(11,3-9)2-7-4/h4-5,7-11H,1-3H2. The summed E-state index contributed by atoms with van der Waals surface area (Å²) in [6, 6.07) is -0.535. The van der Waals surface area contributed by atoms with E-state index in [9.17, 15) is 10.2 Å². The Bertz CT molecular complexity index is 143. The topological polar surface area (TPSA) is 93.0 Å². The molecule has 0 aliphatic carbocycles. The van der Waals surface area contributed by atoms with Gasteiger partial charge in [0.2, 0.25) is 0 Å². The highest BCUT2D eigenvalue weighted by Gasteiger charge is 2.45. The number of β-amino-alcohol motifs (C(OH)–C–C–N with tert-alkyl or cyclic N) is 1. The van der Waals surface area contributed by atoms with E-state index in [4.69, 9.17) is 10.2 Å². The van der Waals surface area contributed by atoms with Crippen molar-refractivity contribution < 1.29 is 20.4 Å². The summed E-state index contributed by atoms with van der Waals surface area (Å²) < 4.78 is 0. The van der Waals surface area contributed by atoms with Crippen molar-refractivity contribution in [2.75, 3.05) is 19.8 Å². The normalized spacial score (nSPS) is 44.7. The smallest absolute Gasteiger partial charge is 0.127 e. The highest BCUT2D eigenvalue weighted by molar-refractivity contribution is 5.01. The lowest BCUT2D eigenvalue weighted by Gasteiger charge is -2.24. The summed E-state index contributed by atoms with van der Waals surface area (Å²) in [6.45, 7) is -0.642. The van der Waals surface area contributed by atoms with Crippen LogP contribution in [0.2, 0.25) is 0 Å². The van der Waals surface area contributed by atoms with Crippen molar-refractivity contribution in [3.05, 3.63) is 0 Å². The van der Waals surface area contributed by atoms with E-state index < -0.39 is 24.4 Å². The Morgan fingerprint density at radius 2 is 2.09 bits per heavy atom. The molecule has 1 heterocycles. The van der Waals surface area contributed by atoms with E-state index in [2.05, 4.69) is 5.32 Å². The molecule has 0 bridgehead atoms. The first kappa shape index (κ1) is 8.89. The van der Waals surface area contributed by atoms with Gasteiger partial charge in [0.1, 0.15) is 11.7 Å². The van der Waals surface area contributed by atoms with Gasteiger partial charge < -0.3 is 25.7 Å². The Labute approximate surface area is 64.3 Å². The summed E-state index contributed by atoms with van der Waals surface area (Å²) in [5, 5.41) is 38.7. The fourth-order valence-corrected chi connectivity index (χ4v) is 1.21. The van der Waals surface area contributed by atoms with Crippen LogP contribution in [0, 0.1) is 0 Å². The molecule has 0 saturated carbocycles. The van der Waals surface area contributed by atoms with Gasteiger partial charge in [0.25, 0.3) is 0 Å². The molecule has 0 aromatic carbocycles. The average Bonchev–Trinajstić information content (AvgIpc) is 2.31. The molecule has 3 atom stereocenters. The number of aliphatic hydroxyl groups excluding tert-OH is 3. The summed E-state index contributed by atoms with van der Waals surface area (Å²) in [5.41, 5.74) is -1.49. The number of hydrogen-bond donors (Lipinski definition) is 5. The highest BCUT2D eigenvalue weighted by atomic mass is 16.4. The zero-order valence-corrected chi connectivity index (χ0v) is 6.06. The fraction of sp³-hybridized carbons (Fsp3) is 1.00. The molecule has 0 amide bonds. The van der Waals surface area contributed by atoms with E-state index in [0.29, 0.717) is 0 Å². The van der Waals surface area contributed by atoms with Crippen molar-refractivity contribution in [2.24, 2.45) is 0 Å². The molecule has 1 saturated heterocycles. The lowest BCUT2D eigenvalue weighted by Crippen LogP contribution is -2.47. The van der Waals surface area contributed by atoms with Gasteiger partial charge in [-0.25, -0.2) is 0 Å². The van der Waals surface area contributed by atoms with E-state index in [1.54, 1.807) is 0 Å². The van der Waals surface area contributed by atoms with E-state index in [1.807, 2.05) is 0 Å². The monoisotopic (exact) mass is 163 g/mol. The summed E-state index contributed by atoms with van der Waals surface area (Å²) in [7, 11) is 0. The number of rotatable bonds is 2. The predicted octanol–water partition coefficient (Wildman–Crippen LogP) is -2.97. The SMILES string of the molecule is OCC1NCC(O)(CO)C1O. The molecular formula is C6H13NO4. The van der Waals surface area contributed by atoms with Crippen LogP contribution < -0.4 is 5.32 Å². The Morgan fingerprint density at radius 3 is 2.36 bits per heavy atom. The van der Waals surface area contributed by atoms with E-state index in [0.717, 1.165) is 0 Å². The predicted molar refractivity (Wildman–Crippen MR) is 36.9 cm³/mol. The molecule has 11 heavy (non-hydrogen) atoms. The van der Waals surface area contributed by atoms with Crippen LogP contribution in [0.15, 0.2) is 0 Å². The van der Waals surface area contributed by atoms with Crippen LogP contribution in [0.1, 0.15) is 0 Å². The second-order valence-corrected chi connectivity index (χ2v) is 2.88. The van der Waals surface area contributed by atoms with Gasteiger partial charge in [-0.15, -0.1) is 0 Å². The molecule has 5 heteroatoms. The van der Waals surface area contributed by atoms with E-state index in [-0.39, 0.29) is 13.2 Å². The third-order valence-corrected chi connectivity index (χ3v) is 2.07. The first-order chi connectivity index (χ1) is 5.14. The summed E-state index contributed by atoms with van der Waals surface area (Å²) in [4.78, 5) is 0. The van der Waals surface area contributed by atoms with Crippen LogP contribution in [0.4, 0.5) is 0 Å². The summed E-state index contributed by atoms with van der Waals surface area (Å²) >= 11 is 0. The van der Waals surface area contributed by atoms with Crippen molar-refractivity contribution in [1.82, 2.24) is 5.32 Å². The Balaban J connectivity index is 2.61. The maximum absolute atomic E-state index is 9.40. The third-order valence-electron chi connectivity index (χ3n) is 2.07. The molecule has 1 rings (SSSR count). The number of hydrogen-bond acceptors (Lipinski definition) is 5. The first-order valence-electron chi connectivity index (χ1n) is 3.49. The van der Waals surface area contributed by atoms with Crippen molar-refractivity contribution in [2.45, 2.75) is 17.7 Å². The molecule has 0 aromatic heterocycles. The molecule has 66 valence electrons. The minimum absolute atomic E-state index is 0.107. The molecule has 0 spiro atoms. The number of aliphatic hydroxyl groups is 4. The van der Waals surface area contributed by atoms with Crippen molar-refractivity contribution in [3.63, 3.8) is 0 Å². The van der Waals surface area contributed by atoms with Crippen molar-refractivity contribution in [1.29, 1.82) is 0 Å². The summed E-state index contributed by atoms with van der Waals surface area (Å²) in [5.74, 6) is 0. The van der Waals surface area contributed by atoms with Gasteiger partial charge in [-0.1, -0.05) is 0 Å². The van der Waals surface area contributed by atoms with Crippen molar-refractivity contribution in [3.8, 4) is 0 Å². The second kappa shape index (κ2) is 3.04. The molecule has 3 unspecified atom stereocenters. The molecule has 5 N–H and O–H groups in total. The van der Waals surface area contributed by atoms with Crippen LogP contribution >= 0.6 is 0 Å². The van der Waals surface area contributed by atoms with Gasteiger partial charge in [-0.3, -0.25) is 0 Å². The van der Waals surface area contributed by atoms with Crippen molar-refractivity contribution >= 4 is 0 Å². The third kappa shape index (κ3) is 1.38. The van der Waals surface area contributed by atoms with Gasteiger partial charge in [-0.05, 0) is 0 Å². The molecule has 0 aromatic rings. The molecule has 1 aliphatic heterocycles. The maximum Gasteiger partial charge on any atom is 0.127 e. The largest absolute Gasteiger partial charge is 0.395 e. The highest BCUT2D eigenvalue weighted by Crippen LogP contribution is 2.18. The van der Waals surface area contributed by atoms with Crippen LogP contribution in [0.3, 0.4) is 0 Å². The zero-order chi connectivity index (χ0) is 8.48. The molecule has 1 aliphatic rings. The minimum atomic E-state index is -1.49. The van der Waals surface area contributed by atoms with Gasteiger partial charge in [0, 0.05) is 6.54 Å². The molecule has 5 nitrogen and oxygen atoms in total. The van der Waals surface area contributed by atoms with Crippen LogP contribution in [-0.2, 0) is 0 Å². The summed E-state index contributed by atoms with van der Waals surface area (Å²) in [6.07, 6.45) is -1.10. The van der Waals surface area contributed by atoms with E-state index in [1.165, 1.54) is 0 Å². The van der Waals surface area contributed by atoms with Gasteiger partial charge >= 0.3 is 0 Å². The van der Waals surface area contributed by atoms with Crippen LogP contribution in [-0.4, -0.2) is 57.9 Å².